The number of anilines is 1. The summed E-state index contributed by atoms with van der Waals surface area (Å²) < 4.78 is 0. The van der Waals surface area contributed by atoms with Crippen molar-refractivity contribution in [3.8, 4) is 0 Å². The SMILES string of the molecule is Cc1ccccc1CC(=O)N1CCN(CC(=O)Nc2cccc([N+](=O)[O-])c2C)CC1. The first kappa shape index (κ1) is 21.4. The number of carbonyl (C=O) groups excluding carboxylic acids is 2. The fraction of sp³-hybridized carbons (Fsp3) is 0.364. The van der Waals surface area contributed by atoms with E-state index in [0.29, 0.717) is 43.9 Å². The number of nitrogens with zero attached hydrogens (tertiary/aromatic N) is 3. The molecule has 1 saturated heterocycles. The highest BCUT2D eigenvalue weighted by Crippen LogP contribution is 2.25. The molecule has 0 aromatic heterocycles. The molecule has 2 aromatic rings. The highest BCUT2D eigenvalue weighted by Gasteiger charge is 2.23. The van der Waals surface area contributed by atoms with Gasteiger partial charge >= 0.3 is 0 Å². The number of amides is 2. The molecular formula is C22H26N4O4. The van der Waals surface area contributed by atoms with E-state index >= 15 is 0 Å². The number of aryl methyl sites for hydroxylation is 1. The standard InChI is InChI=1S/C22H26N4O4/c1-16-6-3-4-7-18(16)14-22(28)25-12-10-24(11-13-25)15-21(27)23-19-8-5-9-20(17(19)2)26(29)30/h3-9H,10-15H2,1-2H3,(H,23,27). The molecule has 0 atom stereocenters. The van der Waals surface area contributed by atoms with Crippen molar-refractivity contribution >= 4 is 23.2 Å². The summed E-state index contributed by atoms with van der Waals surface area (Å²) in [6.45, 7) is 6.18. The molecule has 1 aliphatic heterocycles. The summed E-state index contributed by atoms with van der Waals surface area (Å²) in [6, 6.07) is 12.5. The van der Waals surface area contributed by atoms with Gasteiger partial charge in [-0.1, -0.05) is 30.3 Å². The van der Waals surface area contributed by atoms with Crippen LogP contribution in [-0.4, -0.2) is 59.3 Å². The topological polar surface area (TPSA) is 95.8 Å². The number of hydrogen-bond donors (Lipinski definition) is 1. The number of piperazine rings is 1. The lowest BCUT2D eigenvalue weighted by Gasteiger charge is -2.34. The Bertz CT molecular complexity index is 952. The maximum atomic E-state index is 12.6. The number of rotatable bonds is 6. The molecule has 1 fully saturated rings. The van der Waals surface area contributed by atoms with Gasteiger partial charge in [0, 0.05) is 32.2 Å². The van der Waals surface area contributed by atoms with Gasteiger partial charge in [-0.25, -0.2) is 0 Å². The van der Waals surface area contributed by atoms with E-state index < -0.39 is 4.92 Å². The van der Waals surface area contributed by atoms with Gasteiger partial charge in [0.25, 0.3) is 5.69 Å². The van der Waals surface area contributed by atoms with Gasteiger partial charge in [-0.05, 0) is 31.0 Å². The maximum absolute atomic E-state index is 12.6. The van der Waals surface area contributed by atoms with E-state index in [2.05, 4.69) is 5.32 Å². The first-order chi connectivity index (χ1) is 14.3. The zero-order valence-electron chi connectivity index (χ0n) is 17.3. The molecule has 30 heavy (non-hydrogen) atoms. The summed E-state index contributed by atoms with van der Waals surface area (Å²) in [5.41, 5.74) is 3.01. The summed E-state index contributed by atoms with van der Waals surface area (Å²) >= 11 is 0. The monoisotopic (exact) mass is 410 g/mol. The Labute approximate surface area is 175 Å². The Balaban J connectivity index is 1.49. The molecule has 0 bridgehead atoms. The van der Waals surface area contributed by atoms with Gasteiger partial charge < -0.3 is 10.2 Å². The van der Waals surface area contributed by atoms with Crippen molar-refractivity contribution in [3.63, 3.8) is 0 Å². The molecule has 8 nitrogen and oxygen atoms in total. The normalized spacial score (nSPS) is 14.4. The molecule has 0 unspecified atom stereocenters. The first-order valence-corrected chi connectivity index (χ1v) is 9.93. The minimum atomic E-state index is -0.460. The van der Waals surface area contributed by atoms with Crippen LogP contribution in [0.25, 0.3) is 0 Å². The fourth-order valence-corrected chi connectivity index (χ4v) is 3.59. The Morgan fingerprint density at radius 2 is 1.73 bits per heavy atom. The van der Waals surface area contributed by atoms with Crippen LogP contribution in [0.5, 0.6) is 0 Å². The minimum absolute atomic E-state index is 0.0198. The van der Waals surface area contributed by atoms with E-state index in [9.17, 15) is 19.7 Å². The van der Waals surface area contributed by atoms with Gasteiger partial charge in [0.05, 0.1) is 29.1 Å². The Morgan fingerprint density at radius 3 is 2.40 bits per heavy atom. The highest BCUT2D eigenvalue weighted by molar-refractivity contribution is 5.93. The Hall–Kier alpha value is -3.26. The van der Waals surface area contributed by atoms with E-state index in [0.717, 1.165) is 11.1 Å². The predicted molar refractivity (Wildman–Crippen MR) is 114 cm³/mol. The summed E-state index contributed by atoms with van der Waals surface area (Å²) in [5.74, 6) is -0.126. The van der Waals surface area contributed by atoms with Gasteiger partial charge in [0.1, 0.15) is 0 Å². The average molecular weight is 410 g/mol. The van der Waals surface area contributed by atoms with E-state index in [1.807, 2.05) is 41.0 Å². The van der Waals surface area contributed by atoms with Crippen LogP contribution in [0.2, 0.25) is 0 Å². The van der Waals surface area contributed by atoms with Gasteiger partial charge in [0.15, 0.2) is 0 Å². The number of nitro groups is 1. The van der Waals surface area contributed by atoms with Crippen LogP contribution in [-0.2, 0) is 16.0 Å². The fourth-order valence-electron chi connectivity index (χ4n) is 3.59. The van der Waals surface area contributed by atoms with Crippen LogP contribution in [0, 0.1) is 24.0 Å². The summed E-state index contributed by atoms with van der Waals surface area (Å²) in [4.78, 5) is 39.4. The lowest BCUT2D eigenvalue weighted by Crippen LogP contribution is -2.50. The molecule has 0 saturated carbocycles. The molecule has 3 rings (SSSR count). The number of nitrogens with one attached hydrogen (secondary N) is 1. The van der Waals surface area contributed by atoms with Crippen LogP contribution >= 0.6 is 0 Å². The summed E-state index contributed by atoms with van der Waals surface area (Å²) in [5, 5.41) is 13.8. The van der Waals surface area contributed by atoms with Gasteiger partial charge in [-0.3, -0.25) is 24.6 Å². The number of nitro benzene ring substituents is 1. The second-order valence-electron chi connectivity index (χ2n) is 7.52. The quantitative estimate of drug-likeness (QED) is 0.583. The third-order valence-corrected chi connectivity index (χ3v) is 5.47. The number of benzene rings is 2. The third kappa shape index (κ3) is 5.21. The van der Waals surface area contributed by atoms with Crippen molar-refractivity contribution in [2.24, 2.45) is 0 Å². The van der Waals surface area contributed by atoms with Crippen LogP contribution in [0.15, 0.2) is 42.5 Å². The van der Waals surface area contributed by atoms with Crippen molar-refractivity contribution < 1.29 is 14.5 Å². The zero-order valence-corrected chi connectivity index (χ0v) is 17.3. The average Bonchev–Trinajstić information content (AvgIpc) is 2.71. The van der Waals surface area contributed by atoms with Crippen LogP contribution < -0.4 is 5.32 Å². The molecule has 1 heterocycles. The van der Waals surface area contributed by atoms with Gasteiger partial charge in [-0.15, -0.1) is 0 Å². The largest absolute Gasteiger partial charge is 0.340 e. The van der Waals surface area contributed by atoms with Crippen molar-refractivity contribution in [3.05, 3.63) is 69.3 Å². The molecule has 1 aliphatic rings. The highest BCUT2D eigenvalue weighted by atomic mass is 16.6. The molecular weight excluding hydrogens is 384 g/mol. The lowest BCUT2D eigenvalue weighted by molar-refractivity contribution is -0.385. The van der Waals surface area contributed by atoms with Crippen LogP contribution in [0.4, 0.5) is 11.4 Å². The second-order valence-corrected chi connectivity index (χ2v) is 7.52. The molecule has 0 radical (unpaired) electrons. The third-order valence-electron chi connectivity index (χ3n) is 5.47. The predicted octanol–water partition coefficient (Wildman–Crippen LogP) is 2.54. The lowest BCUT2D eigenvalue weighted by atomic mass is 10.1. The second kappa shape index (κ2) is 9.49. The van der Waals surface area contributed by atoms with Gasteiger partial charge in [0.2, 0.25) is 11.8 Å². The number of carbonyl (C=O) groups is 2. The van der Waals surface area contributed by atoms with Crippen LogP contribution in [0.1, 0.15) is 16.7 Å². The Morgan fingerprint density at radius 1 is 1.03 bits per heavy atom. The van der Waals surface area contributed by atoms with E-state index in [1.165, 1.54) is 6.07 Å². The van der Waals surface area contributed by atoms with Crippen molar-refractivity contribution in [2.45, 2.75) is 20.3 Å². The molecule has 1 N–H and O–H groups in total. The maximum Gasteiger partial charge on any atom is 0.274 e. The van der Waals surface area contributed by atoms with Gasteiger partial charge in [-0.2, -0.15) is 0 Å². The van der Waals surface area contributed by atoms with Crippen LogP contribution in [0.3, 0.4) is 0 Å². The molecule has 0 spiro atoms. The molecule has 2 amide bonds. The first-order valence-electron chi connectivity index (χ1n) is 9.93. The van der Waals surface area contributed by atoms with E-state index in [4.69, 9.17) is 0 Å². The van der Waals surface area contributed by atoms with Crippen molar-refractivity contribution in [1.82, 2.24) is 9.80 Å². The summed E-state index contributed by atoms with van der Waals surface area (Å²) in [7, 11) is 0. The smallest absolute Gasteiger partial charge is 0.274 e. The number of hydrogen-bond acceptors (Lipinski definition) is 5. The molecule has 8 heteroatoms. The van der Waals surface area contributed by atoms with E-state index in [1.54, 1.807) is 19.1 Å². The Kier molecular flexibility index (Phi) is 6.79. The minimum Gasteiger partial charge on any atom is -0.340 e. The zero-order chi connectivity index (χ0) is 21.7. The summed E-state index contributed by atoms with van der Waals surface area (Å²) in [6.07, 6.45) is 0.388. The molecule has 158 valence electrons. The van der Waals surface area contributed by atoms with E-state index in [-0.39, 0.29) is 24.0 Å². The van der Waals surface area contributed by atoms with Crippen molar-refractivity contribution in [2.75, 3.05) is 38.0 Å². The molecule has 2 aromatic carbocycles. The molecule has 0 aliphatic carbocycles. The van der Waals surface area contributed by atoms with Crippen molar-refractivity contribution in [1.29, 1.82) is 0 Å².